The molecule has 3 nitrogen and oxygen atoms in total. The van der Waals surface area contributed by atoms with Gasteiger partial charge in [-0.15, -0.1) is 0 Å². The molecular formula is C9H7F11O3. The summed E-state index contributed by atoms with van der Waals surface area (Å²) in [5, 5.41) is 8.77. The molecule has 2 unspecified atom stereocenters. The summed E-state index contributed by atoms with van der Waals surface area (Å²) in [6.45, 7) is 0. The second-order valence-electron chi connectivity index (χ2n) is 4.19. The van der Waals surface area contributed by atoms with Gasteiger partial charge in [0.15, 0.2) is 6.10 Å². The number of aliphatic hydroxyl groups excluding tert-OH is 1. The van der Waals surface area contributed by atoms with E-state index >= 15 is 0 Å². The van der Waals surface area contributed by atoms with Crippen LogP contribution in [0.25, 0.3) is 0 Å². The Morgan fingerprint density at radius 1 is 0.870 bits per heavy atom. The Hall–Kier alpha value is -1.34. The van der Waals surface area contributed by atoms with E-state index in [2.05, 4.69) is 4.74 Å². The maximum absolute atomic E-state index is 13.6. The van der Waals surface area contributed by atoms with Crippen LogP contribution >= 0.6 is 0 Å². The summed E-state index contributed by atoms with van der Waals surface area (Å²) in [5.41, 5.74) is -6.58. The van der Waals surface area contributed by atoms with Crippen LogP contribution in [0.2, 0.25) is 0 Å². The highest BCUT2D eigenvalue weighted by atomic mass is 19.4. The molecule has 0 aromatic carbocycles. The summed E-state index contributed by atoms with van der Waals surface area (Å²) in [6.07, 6.45) is -20.7. The van der Waals surface area contributed by atoms with Crippen molar-refractivity contribution >= 4 is 5.97 Å². The molecule has 0 aliphatic rings. The van der Waals surface area contributed by atoms with E-state index in [4.69, 9.17) is 5.11 Å². The molecule has 0 rings (SSSR count). The molecule has 0 spiro atoms. The Balaban J connectivity index is 6.15. The first-order valence-electron chi connectivity index (χ1n) is 5.20. The number of alkyl halides is 11. The fourth-order valence-corrected chi connectivity index (χ4v) is 1.33. The van der Waals surface area contributed by atoms with E-state index in [0.717, 1.165) is 0 Å². The van der Waals surface area contributed by atoms with Crippen LogP contribution in [0.3, 0.4) is 0 Å². The molecule has 0 bridgehead atoms. The maximum atomic E-state index is 13.6. The highest BCUT2D eigenvalue weighted by Crippen LogP contribution is 2.58. The molecule has 0 saturated carbocycles. The van der Waals surface area contributed by atoms with Crippen LogP contribution in [-0.2, 0) is 9.53 Å². The van der Waals surface area contributed by atoms with Crippen molar-refractivity contribution in [1.29, 1.82) is 0 Å². The monoisotopic (exact) mass is 372 g/mol. The third-order valence-electron chi connectivity index (χ3n) is 2.65. The number of hydrogen-bond donors (Lipinski definition) is 1. The summed E-state index contributed by atoms with van der Waals surface area (Å²) in [7, 11) is 0.404. The number of methoxy groups -OCH3 is 1. The van der Waals surface area contributed by atoms with Gasteiger partial charge in [-0.1, -0.05) is 0 Å². The van der Waals surface area contributed by atoms with E-state index in [1.165, 1.54) is 0 Å². The third kappa shape index (κ3) is 3.45. The SMILES string of the molecule is COC(=O)C(O)CC(F)(C(F)(F)F)C(F)(F)C(F)(F)C(F)(F)F. The average Bonchev–Trinajstić information content (AvgIpc) is 2.34. The van der Waals surface area contributed by atoms with Gasteiger partial charge in [0.25, 0.3) is 5.67 Å². The van der Waals surface area contributed by atoms with Crippen LogP contribution < -0.4 is 0 Å². The van der Waals surface area contributed by atoms with Crippen molar-refractivity contribution < 1.29 is 62.9 Å². The van der Waals surface area contributed by atoms with Crippen molar-refractivity contribution in [2.24, 2.45) is 0 Å². The van der Waals surface area contributed by atoms with Gasteiger partial charge in [-0.25, -0.2) is 9.18 Å². The largest absolute Gasteiger partial charge is 0.467 e. The van der Waals surface area contributed by atoms with Crippen molar-refractivity contribution in [2.75, 3.05) is 7.11 Å². The minimum absolute atomic E-state index is 0.404. The lowest BCUT2D eigenvalue weighted by molar-refractivity contribution is -0.413. The minimum Gasteiger partial charge on any atom is -0.467 e. The fourth-order valence-electron chi connectivity index (χ4n) is 1.33. The molecule has 14 heteroatoms. The Morgan fingerprint density at radius 2 is 1.26 bits per heavy atom. The fraction of sp³-hybridized carbons (Fsp3) is 0.889. The van der Waals surface area contributed by atoms with E-state index < -0.39 is 48.4 Å². The highest BCUT2D eigenvalue weighted by molar-refractivity contribution is 5.74. The van der Waals surface area contributed by atoms with Gasteiger partial charge >= 0.3 is 30.2 Å². The number of halogens is 11. The molecule has 23 heavy (non-hydrogen) atoms. The van der Waals surface area contributed by atoms with Crippen molar-refractivity contribution in [3.05, 3.63) is 0 Å². The van der Waals surface area contributed by atoms with Gasteiger partial charge in [0.05, 0.1) is 7.11 Å². The first kappa shape index (κ1) is 21.7. The zero-order valence-corrected chi connectivity index (χ0v) is 10.7. The number of hydrogen-bond acceptors (Lipinski definition) is 3. The Bertz CT molecular complexity index is 441. The van der Waals surface area contributed by atoms with Gasteiger partial charge in [0.1, 0.15) is 0 Å². The molecule has 0 aliphatic carbocycles. The van der Waals surface area contributed by atoms with E-state index in [-0.39, 0.29) is 0 Å². The molecule has 0 heterocycles. The first-order valence-corrected chi connectivity index (χ1v) is 5.20. The lowest BCUT2D eigenvalue weighted by atomic mass is 9.86. The molecule has 0 amide bonds. The van der Waals surface area contributed by atoms with Crippen LogP contribution in [0, 0.1) is 0 Å². The van der Waals surface area contributed by atoms with Gasteiger partial charge in [-0.2, -0.15) is 43.9 Å². The highest BCUT2D eigenvalue weighted by Gasteiger charge is 2.86. The molecule has 0 fully saturated rings. The van der Waals surface area contributed by atoms with Crippen LogP contribution in [0.1, 0.15) is 6.42 Å². The Kier molecular flexibility index (Phi) is 5.60. The average molecular weight is 372 g/mol. The van der Waals surface area contributed by atoms with Crippen LogP contribution in [0.15, 0.2) is 0 Å². The molecule has 0 aromatic rings. The number of esters is 1. The predicted molar refractivity (Wildman–Crippen MR) is 48.5 cm³/mol. The number of carbonyl (C=O) groups is 1. The van der Waals surface area contributed by atoms with Crippen LogP contribution in [0.5, 0.6) is 0 Å². The van der Waals surface area contributed by atoms with Gasteiger partial charge in [0, 0.05) is 6.42 Å². The van der Waals surface area contributed by atoms with Crippen molar-refractivity contribution in [2.45, 2.75) is 42.4 Å². The molecule has 0 radical (unpaired) electrons. The molecule has 1 N–H and O–H groups in total. The number of carbonyl (C=O) groups excluding carboxylic acids is 1. The summed E-state index contributed by atoms with van der Waals surface area (Å²) < 4.78 is 142. The second-order valence-corrected chi connectivity index (χ2v) is 4.19. The van der Waals surface area contributed by atoms with Crippen molar-refractivity contribution in [3.63, 3.8) is 0 Å². The van der Waals surface area contributed by atoms with Crippen LogP contribution in [0.4, 0.5) is 48.3 Å². The van der Waals surface area contributed by atoms with E-state index in [1.807, 2.05) is 0 Å². The molecule has 0 aliphatic heterocycles. The summed E-state index contributed by atoms with van der Waals surface area (Å²) in [5.74, 6) is -17.0. The Labute approximate surface area is 120 Å². The van der Waals surface area contributed by atoms with Gasteiger partial charge in [0.2, 0.25) is 0 Å². The summed E-state index contributed by atoms with van der Waals surface area (Å²) in [6, 6.07) is 0. The number of ether oxygens (including phenoxy) is 1. The lowest BCUT2D eigenvalue weighted by Crippen LogP contribution is -2.68. The smallest absolute Gasteiger partial charge is 0.460 e. The topological polar surface area (TPSA) is 46.5 Å². The van der Waals surface area contributed by atoms with E-state index in [9.17, 15) is 53.1 Å². The summed E-state index contributed by atoms with van der Waals surface area (Å²) >= 11 is 0. The van der Waals surface area contributed by atoms with Crippen molar-refractivity contribution in [3.8, 4) is 0 Å². The molecule has 2 atom stereocenters. The molecular weight excluding hydrogens is 365 g/mol. The second kappa shape index (κ2) is 5.94. The maximum Gasteiger partial charge on any atom is 0.460 e. The van der Waals surface area contributed by atoms with Crippen LogP contribution in [-0.4, -0.2) is 54.2 Å². The zero-order valence-electron chi connectivity index (χ0n) is 10.7. The molecule has 0 aromatic heterocycles. The number of rotatable bonds is 5. The molecule has 0 saturated heterocycles. The normalized spacial score (nSPS) is 18.3. The summed E-state index contributed by atoms with van der Waals surface area (Å²) in [4.78, 5) is 10.6. The van der Waals surface area contributed by atoms with Gasteiger partial charge in [-0.3, -0.25) is 0 Å². The number of aliphatic hydroxyl groups is 1. The zero-order chi connectivity index (χ0) is 19.1. The lowest BCUT2D eigenvalue weighted by Gasteiger charge is -2.39. The third-order valence-corrected chi connectivity index (χ3v) is 2.65. The van der Waals surface area contributed by atoms with E-state index in [1.54, 1.807) is 0 Å². The predicted octanol–water partition coefficient (Wildman–Crippen LogP) is 3.01. The van der Waals surface area contributed by atoms with Crippen molar-refractivity contribution in [1.82, 2.24) is 0 Å². The van der Waals surface area contributed by atoms with E-state index in [0.29, 0.717) is 7.11 Å². The first-order chi connectivity index (χ1) is 9.87. The standard InChI is InChI=1S/C9H7F11O3/c1-23-4(22)3(21)2-5(10,8(15,16)17)6(11,12)7(13,14)9(18,19)20/h3,21H,2H2,1H3. The quantitative estimate of drug-likeness (QED) is 0.596. The minimum atomic E-state index is -7.44. The van der Waals surface area contributed by atoms with Gasteiger partial charge < -0.3 is 9.84 Å². The molecule has 138 valence electrons. The van der Waals surface area contributed by atoms with Gasteiger partial charge in [-0.05, 0) is 0 Å². The Morgan fingerprint density at radius 3 is 1.52 bits per heavy atom.